The van der Waals surface area contributed by atoms with Crippen molar-refractivity contribution < 1.29 is 5.11 Å². The Hall–Kier alpha value is -2.22. The molecule has 0 saturated heterocycles. The number of aromatic amines is 1. The van der Waals surface area contributed by atoms with Gasteiger partial charge in [-0.05, 0) is 49.1 Å². The lowest BCUT2D eigenvalue weighted by Crippen LogP contribution is -2.38. The molecule has 0 amide bonds. The molecule has 27 heavy (non-hydrogen) atoms. The lowest BCUT2D eigenvalue weighted by atomic mass is 10.1. The minimum absolute atomic E-state index is 0. The van der Waals surface area contributed by atoms with E-state index < -0.39 is 0 Å². The van der Waals surface area contributed by atoms with E-state index >= 15 is 0 Å². The number of nitrogens with zero attached hydrogens (tertiary/aromatic N) is 1. The summed E-state index contributed by atoms with van der Waals surface area (Å²) in [5.74, 6) is 1.05. The standard InChI is InChI=1S/C21H26N4O.HI/c1-3-22-21(25-13-16-7-5-8-18(26)12-16)23-11-10-17-14-24-20-15(2)6-4-9-19(17)20;/h4-9,12,14,24,26H,3,10-11,13H2,1-2H3,(H2,22,23,25);1H. The Kier molecular flexibility index (Phi) is 7.97. The van der Waals surface area contributed by atoms with Crippen molar-refractivity contribution >= 4 is 40.8 Å². The Morgan fingerprint density at radius 3 is 2.74 bits per heavy atom. The molecule has 0 aliphatic rings. The molecule has 0 atom stereocenters. The highest BCUT2D eigenvalue weighted by molar-refractivity contribution is 14.0. The number of aromatic nitrogens is 1. The molecule has 0 bridgehead atoms. The largest absolute Gasteiger partial charge is 0.508 e. The van der Waals surface area contributed by atoms with Gasteiger partial charge in [-0.25, -0.2) is 4.99 Å². The lowest BCUT2D eigenvalue weighted by Gasteiger charge is -2.11. The predicted molar refractivity (Wildman–Crippen MR) is 123 cm³/mol. The van der Waals surface area contributed by atoms with Crippen LogP contribution in [0, 0.1) is 6.92 Å². The summed E-state index contributed by atoms with van der Waals surface area (Å²) < 4.78 is 0. The van der Waals surface area contributed by atoms with Crippen LogP contribution in [-0.2, 0) is 13.0 Å². The number of aliphatic imine (C=N–C) groups is 1. The van der Waals surface area contributed by atoms with Crippen LogP contribution in [0.5, 0.6) is 5.75 Å². The molecule has 5 nitrogen and oxygen atoms in total. The molecule has 0 aliphatic carbocycles. The van der Waals surface area contributed by atoms with Gasteiger partial charge in [0.15, 0.2) is 5.96 Å². The van der Waals surface area contributed by atoms with Crippen LogP contribution in [0.1, 0.15) is 23.6 Å². The maximum absolute atomic E-state index is 9.55. The molecule has 1 aromatic heterocycles. The fourth-order valence-electron chi connectivity index (χ4n) is 3.05. The normalized spacial score (nSPS) is 11.3. The van der Waals surface area contributed by atoms with E-state index in [0.29, 0.717) is 6.54 Å². The average molecular weight is 478 g/mol. The van der Waals surface area contributed by atoms with Gasteiger partial charge in [-0.1, -0.05) is 30.3 Å². The first-order valence-corrected chi connectivity index (χ1v) is 9.03. The van der Waals surface area contributed by atoms with Crippen LogP contribution in [0.15, 0.2) is 53.7 Å². The van der Waals surface area contributed by atoms with Gasteiger partial charge in [-0.15, -0.1) is 24.0 Å². The summed E-state index contributed by atoms with van der Waals surface area (Å²) in [6, 6.07) is 13.6. The van der Waals surface area contributed by atoms with Gasteiger partial charge in [-0.2, -0.15) is 0 Å². The molecule has 144 valence electrons. The van der Waals surface area contributed by atoms with Gasteiger partial charge >= 0.3 is 0 Å². The van der Waals surface area contributed by atoms with E-state index in [0.717, 1.165) is 31.0 Å². The number of benzene rings is 2. The van der Waals surface area contributed by atoms with Gasteiger partial charge in [0.1, 0.15) is 5.75 Å². The second kappa shape index (κ2) is 10.2. The molecule has 4 N–H and O–H groups in total. The summed E-state index contributed by atoms with van der Waals surface area (Å²) in [7, 11) is 0. The fourth-order valence-corrected chi connectivity index (χ4v) is 3.05. The summed E-state index contributed by atoms with van der Waals surface area (Å²) in [5, 5.41) is 17.5. The van der Waals surface area contributed by atoms with E-state index in [1.807, 2.05) is 19.1 Å². The smallest absolute Gasteiger partial charge is 0.191 e. The van der Waals surface area contributed by atoms with Crippen LogP contribution in [0.25, 0.3) is 10.9 Å². The minimum atomic E-state index is 0. The van der Waals surface area contributed by atoms with Gasteiger partial charge in [0.2, 0.25) is 0 Å². The molecule has 0 unspecified atom stereocenters. The van der Waals surface area contributed by atoms with Crippen LogP contribution in [0.3, 0.4) is 0 Å². The van der Waals surface area contributed by atoms with Gasteiger partial charge in [0.05, 0.1) is 6.54 Å². The zero-order valence-electron chi connectivity index (χ0n) is 15.7. The number of hydrogen-bond acceptors (Lipinski definition) is 2. The third-order valence-corrected chi connectivity index (χ3v) is 4.37. The third-order valence-electron chi connectivity index (χ3n) is 4.37. The highest BCUT2D eigenvalue weighted by Gasteiger charge is 2.05. The van der Waals surface area contributed by atoms with Crippen molar-refractivity contribution in [1.82, 2.24) is 15.6 Å². The summed E-state index contributed by atoms with van der Waals surface area (Å²) in [6.07, 6.45) is 3.01. The van der Waals surface area contributed by atoms with E-state index in [1.165, 1.54) is 22.0 Å². The van der Waals surface area contributed by atoms with Crippen LogP contribution in [-0.4, -0.2) is 29.1 Å². The Labute approximate surface area is 177 Å². The average Bonchev–Trinajstić information content (AvgIpc) is 3.04. The van der Waals surface area contributed by atoms with E-state index in [1.54, 1.807) is 12.1 Å². The van der Waals surface area contributed by atoms with E-state index in [4.69, 9.17) is 0 Å². The summed E-state index contributed by atoms with van der Waals surface area (Å²) >= 11 is 0. The number of rotatable bonds is 6. The van der Waals surface area contributed by atoms with Crippen molar-refractivity contribution in [1.29, 1.82) is 0 Å². The molecular formula is C21H27IN4O. The highest BCUT2D eigenvalue weighted by atomic mass is 127. The first-order valence-electron chi connectivity index (χ1n) is 9.03. The monoisotopic (exact) mass is 478 g/mol. The molecule has 0 fully saturated rings. The molecule has 0 aliphatic heterocycles. The number of aryl methyl sites for hydroxylation is 1. The second-order valence-electron chi connectivity index (χ2n) is 6.35. The van der Waals surface area contributed by atoms with Crippen LogP contribution in [0.4, 0.5) is 0 Å². The number of fused-ring (bicyclic) bond motifs is 1. The van der Waals surface area contributed by atoms with Crippen molar-refractivity contribution in [2.45, 2.75) is 26.8 Å². The van der Waals surface area contributed by atoms with E-state index in [9.17, 15) is 5.11 Å². The number of nitrogens with one attached hydrogen (secondary N) is 3. The first-order chi connectivity index (χ1) is 12.7. The topological polar surface area (TPSA) is 72.4 Å². The molecule has 1 heterocycles. The number of phenols is 1. The molecule has 0 spiro atoms. The molecular weight excluding hydrogens is 451 g/mol. The number of halogens is 1. The van der Waals surface area contributed by atoms with Crippen LogP contribution in [0.2, 0.25) is 0 Å². The third kappa shape index (κ3) is 5.63. The molecule has 0 radical (unpaired) electrons. The molecule has 6 heteroatoms. The Morgan fingerprint density at radius 1 is 1.15 bits per heavy atom. The number of aromatic hydroxyl groups is 1. The number of phenolic OH excluding ortho intramolecular Hbond substituents is 1. The second-order valence-corrected chi connectivity index (χ2v) is 6.35. The number of hydrogen-bond donors (Lipinski definition) is 4. The SMILES string of the molecule is CCNC(=NCc1cccc(O)c1)NCCc1c[nH]c2c(C)cccc12.I. The molecule has 3 rings (SSSR count). The van der Waals surface area contributed by atoms with Crippen molar-refractivity contribution in [2.75, 3.05) is 13.1 Å². The Bertz CT molecular complexity index is 904. The van der Waals surface area contributed by atoms with Gasteiger partial charge in [-0.3, -0.25) is 0 Å². The molecule has 0 saturated carbocycles. The predicted octanol–water partition coefficient (Wildman–Crippen LogP) is 4.10. The van der Waals surface area contributed by atoms with Crippen molar-refractivity contribution in [3.63, 3.8) is 0 Å². The van der Waals surface area contributed by atoms with Gasteiger partial charge < -0.3 is 20.7 Å². The van der Waals surface area contributed by atoms with Crippen LogP contribution < -0.4 is 10.6 Å². The summed E-state index contributed by atoms with van der Waals surface area (Å²) in [6.45, 7) is 6.30. The molecule has 2 aromatic carbocycles. The Balaban J connectivity index is 0.00000261. The number of para-hydroxylation sites is 1. The van der Waals surface area contributed by atoms with Crippen LogP contribution >= 0.6 is 24.0 Å². The van der Waals surface area contributed by atoms with Crippen molar-refractivity contribution in [3.8, 4) is 5.75 Å². The lowest BCUT2D eigenvalue weighted by molar-refractivity contribution is 0.474. The summed E-state index contributed by atoms with van der Waals surface area (Å²) in [4.78, 5) is 7.97. The van der Waals surface area contributed by atoms with Gasteiger partial charge in [0.25, 0.3) is 0 Å². The summed E-state index contributed by atoms with van der Waals surface area (Å²) in [5.41, 5.74) is 4.77. The zero-order valence-corrected chi connectivity index (χ0v) is 18.1. The number of H-pyrrole nitrogens is 1. The minimum Gasteiger partial charge on any atom is -0.508 e. The number of guanidine groups is 1. The maximum atomic E-state index is 9.55. The van der Waals surface area contributed by atoms with E-state index in [2.05, 4.69) is 51.9 Å². The zero-order chi connectivity index (χ0) is 18.4. The fraction of sp³-hybridized carbons (Fsp3) is 0.286. The Morgan fingerprint density at radius 2 is 1.96 bits per heavy atom. The van der Waals surface area contributed by atoms with Crippen molar-refractivity contribution in [3.05, 3.63) is 65.4 Å². The van der Waals surface area contributed by atoms with Crippen molar-refractivity contribution in [2.24, 2.45) is 4.99 Å². The quantitative estimate of drug-likeness (QED) is 0.245. The highest BCUT2D eigenvalue weighted by Crippen LogP contribution is 2.21. The molecule has 3 aromatic rings. The maximum Gasteiger partial charge on any atom is 0.191 e. The van der Waals surface area contributed by atoms with Gasteiger partial charge in [0, 0.05) is 30.2 Å². The van der Waals surface area contributed by atoms with E-state index in [-0.39, 0.29) is 29.7 Å². The first kappa shape index (κ1) is 21.1.